The lowest BCUT2D eigenvalue weighted by Crippen LogP contribution is -2.36. The molecule has 0 spiro atoms. The van der Waals surface area contributed by atoms with Gasteiger partial charge >= 0.3 is 6.09 Å². The molecular formula is C18H25N3O5. The van der Waals surface area contributed by atoms with Gasteiger partial charge in [0.15, 0.2) is 11.4 Å². The van der Waals surface area contributed by atoms with Gasteiger partial charge in [-0.15, -0.1) is 0 Å². The number of carbonyl (C=O) groups is 1. The summed E-state index contributed by atoms with van der Waals surface area (Å²) >= 11 is 0. The molecule has 1 aromatic carbocycles. The Bertz CT molecular complexity index is 796. The summed E-state index contributed by atoms with van der Waals surface area (Å²) in [7, 11) is 1.57. The van der Waals surface area contributed by atoms with Gasteiger partial charge in [0.1, 0.15) is 16.7 Å². The fourth-order valence-electron chi connectivity index (χ4n) is 2.93. The highest BCUT2D eigenvalue weighted by atomic mass is 16.6. The van der Waals surface area contributed by atoms with Gasteiger partial charge in [-0.3, -0.25) is 0 Å². The lowest BCUT2D eigenvalue weighted by Gasteiger charge is -2.24. The van der Waals surface area contributed by atoms with E-state index in [4.69, 9.17) is 24.5 Å². The molecule has 1 saturated heterocycles. The highest BCUT2D eigenvalue weighted by Crippen LogP contribution is 2.32. The Morgan fingerprint density at radius 2 is 2.19 bits per heavy atom. The number of benzene rings is 1. The van der Waals surface area contributed by atoms with E-state index in [2.05, 4.69) is 5.16 Å². The quantitative estimate of drug-likeness (QED) is 0.891. The molecule has 2 N–H and O–H groups in total. The van der Waals surface area contributed by atoms with Crippen molar-refractivity contribution in [2.45, 2.75) is 45.5 Å². The van der Waals surface area contributed by atoms with Gasteiger partial charge in [-0.25, -0.2) is 4.79 Å². The van der Waals surface area contributed by atoms with Crippen molar-refractivity contribution in [3.63, 3.8) is 0 Å². The Balaban J connectivity index is 1.60. The maximum atomic E-state index is 12.1. The van der Waals surface area contributed by atoms with Crippen LogP contribution in [0.4, 0.5) is 10.6 Å². The highest BCUT2D eigenvalue weighted by molar-refractivity contribution is 5.93. The van der Waals surface area contributed by atoms with Crippen LogP contribution in [0.1, 0.15) is 32.8 Å². The first-order chi connectivity index (χ1) is 12.3. The summed E-state index contributed by atoms with van der Waals surface area (Å²) < 4.78 is 21.9. The number of nitrogens with zero attached hydrogens (tertiary/aromatic N) is 2. The first kappa shape index (κ1) is 18.3. The second kappa shape index (κ2) is 7.03. The number of carbonyl (C=O) groups excluding carboxylic acids is 1. The molecule has 1 aliphatic heterocycles. The Kier molecular flexibility index (Phi) is 4.95. The Morgan fingerprint density at radius 3 is 2.88 bits per heavy atom. The van der Waals surface area contributed by atoms with E-state index >= 15 is 0 Å². The van der Waals surface area contributed by atoms with Gasteiger partial charge in [0.25, 0.3) is 0 Å². The first-order valence-electron chi connectivity index (χ1n) is 8.58. The van der Waals surface area contributed by atoms with E-state index < -0.39 is 5.60 Å². The molecule has 1 aliphatic rings. The summed E-state index contributed by atoms with van der Waals surface area (Å²) in [6, 6.07) is 3.69. The zero-order valence-electron chi connectivity index (χ0n) is 15.6. The van der Waals surface area contributed by atoms with Crippen molar-refractivity contribution < 1.29 is 23.5 Å². The third kappa shape index (κ3) is 4.01. The Labute approximate surface area is 152 Å². The molecule has 8 nitrogen and oxygen atoms in total. The van der Waals surface area contributed by atoms with Crippen LogP contribution in [0.5, 0.6) is 5.75 Å². The third-order valence-electron chi connectivity index (χ3n) is 4.13. The van der Waals surface area contributed by atoms with Crippen molar-refractivity contribution in [1.82, 2.24) is 10.1 Å². The van der Waals surface area contributed by atoms with Crippen LogP contribution < -0.4 is 10.5 Å². The van der Waals surface area contributed by atoms with Gasteiger partial charge in [0.05, 0.1) is 26.4 Å². The minimum Gasteiger partial charge on any atom is -0.496 e. The van der Waals surface area contributed by atoms with Crippen LogP contribution in [-0.2, 0) is 16.1 Å². The van der Waals surface area contributed by atoms with E-state index in [1.165, 1.54) is 0 Å². The largest absolute Gasteiger partial charge is 0.496 e. The second-order valence-corrected chi connectivity index (χ2v) is 7.39. The summed E-state index contributed by atoms with van der Waals surface area (Å²) in [4.78, 5) is 13.8. The molecule has 26 heavy (non-hydrogen) atoms. The summed E-state index contributed by atoms with van der Waals surface area (Å²) in [6.45, 7) is 7.09. The molecule has 1 fully saturated rings. The molecule has 0 unspecified atom stereocenters. The molecule has 0 aliphatic carbocycles. The maximum Gasteiger partial charge on any atom is 0.410 e. The van der Waals surface area contributed by atoms with E-state index in [0.29, 0.717) is 42.2 Å². The molecule has 0 bridgehead atoms. The molecule has 1 amide bonds. The molecule has 3 rings (SSSR count). The predicted octanol–water partition coefficient (Wildman–Crippen LogP) is 2.94. The van der Waals surface area contributed by atoms with Crippen molar-refractivity contribution in [2.75, 3.05) is 25.9 Å². The van der Waals surface area contributed by atoms with Gasteiger partial charge in [-0.1, -0.05) is 5.16 Å². The Hall–Kier alpha value is -2.48. The number of nitrogens with two attached hydrogens (primary N) is 1. The monoisotopic (exact) mass is 363 g/mol. The summed E-state index contributed by atoms with van der Waals surface area (Å²) in [6.07, 6.45) is 0.432. The zero-order chi connectivity index (χ0) is 18.9. The van der Waals surface area contributed by atoms with Crippen LogP contribution in [0.25, 0.3) is 11.0 Å². The van der Waals surface area contributed by atoms with Crippen LogP contribution in [0.2, 0.25) is 0 Å². The number of anilines is 1. The number of fused-ring (bicyclic) bond motifs is 1. The average Bonchev–Trinajstić information content (AvgIpc) is 3.18. The van der Waals surface area contributed by atoms with Crippen molar-refractivity contribution in [2.24, 2.45) is 0 Å². The highest BCUT2D eigenvalue weighted by Gasteiger charge is 2.30. The topological polar surface area (TPSA) is 100 Å². The molecule has 8 heteroatoms. The van der Waals surface area contributed by atoms with Gasteiger partial charge < -0.3 is 29.4 Å². The Morgan fingerprint density at radius 1 is 1.42 bits per heavy atom. The number of hydrogen-bond acceptors (Lipinski definition) is 7. The number of ether oxygens (including phenoxy) is 3. The van der Waals surface area contributed by atoms with Gasteiger partial charge in [0, 0.05) is 6.54 Å². The van der Waals surface area contributed by atoms with E-state index in [0.717, 1.165) is 12.0 Å². The number of aromatic nitrogens is 1. The van der Waals surface area contributed by atoms with Crippen LogP contribution in [0, 0.1) is 0 Å². The molecule has 142 valence electrons. The number of hydrogen-bond donors (Lipinski definition) is 1. The van der Waals surface area contributed by atoms with Gasteiger partial charge in [-0.2, -0.15) is 0 Å². The van der Waals surface area contributed by atoms with E-state index in [1.807, 2.05) is 32.9 Å². The summed E-state index contributed by atoms with van der Waals surface area (Å²) in [5.74, 6) is 0.898. The number of amides is 1. The van der Waals surface area contributed by atoms with Crippen LogP contribution >= 0.6 is 0 Å². The van der Waals surface area contributed by atoms with Crippen LogP contribution in [-0.4, -0.2) is 48.1 Å². The second-order valence-electron chi connectivity index (χ2n) is 7.39. The smallest absolute Gasteiger partial charge is 0.410 e. The van der Waals surface area contributed by atoms with Crippen LogP contribution in [0.3, 0.4) is 0 Å². The average molecular weight is 363 g/mol. The molecular weight excluding hydrogens is 338 g/mol. The lowest BCUT2D eigenvalue weighted by molar-refractivity contribution is 0.0184. The van der Waals surface area contributed by atoms with Gasteiger partial charge in [0.2, 0.25) is 0 Å². The number of rotatable bonds is 4. The summed E-state index contributed by atoms with van der Waals surface area (Å²) in [5, 5.41) is 4.43. The van der Waals surface area contributed by atoms with E-state index in [1.54, 1.807) is 12.0 Å². The standard InChI is InChI=1S/C18H25N3O5/c1-18(2,3)25-17(22)21-6-5-12(9-21)24-10-11-7-13(23-4)15-14(8-11)26-20-16(15)19/h7-8,12H,5-6,9-10H2,1-4H3,(H2,19,20)/t12-/m0/s1. The van der Waals surface area contributed by atoms with Crippen LogP contribution in [0.15, 0.2) is 16.7 Å². The number of likely N-dealkylation sites (tertiary alicyclic amines) is 1. The lowest BCUT2D eigenvalue weighted by atomic mass is 10.1. The number of methoxy groups -OCH3 is 1. The SMILES string of the molecule is COc1cc(CO[C@H]2CCN(C(=O)OC(C)(C)C)C2)cc2onc(N)c12. The third-order valence-corrected chi connectivity index (χ3v) is 4.13. The number of nitrogen functional groups attached to an aromatic ring is 1. The predicted molar refractivity (Wildman–Crippen MR) is 96.0 cm³/mol. The molecule has 1 atom stereocenters. The minimum atomic E-state index is -0.499. The van der Waals surface area contributed by atoms with Crippen molar-refractivity contribution in [3.05, 3.63) is 17.7 Å². The minimum absolute atomic E-state index is 0.0380. The summed E-state index contributed by atoms with van der Waals surface area (Å²) in [5.41, 5.74) is 6.75. The van der Waals surface area contributed by atoms with Gasteiger partial charge in [-0.05, 0) is 44.9 Å². The molecule has 2 aromatic rings. The maximum absolute atomic E-state index is 12.1. The molecule has 1 aromatic heterocycles. The zero-order valence-corrected chi connectivity index (χ0v) is 15.6. The molecule has 0 radical (unpaired) electrons. The van der Waals surface area contributed by atoms with E-state index in [9.17, 15) is 4.79 Å². The van der Waals surface area contributed by atoms with Crippen molar-refractivity contribution >= 4 is 22.9 Å². The molecule has 2 heterocycles. The fourth-order valence-corrected chi connectivity index (χ4v) is 2.93. The fraction of sp³-hybridized carbons (Fsp3) is 0.556. The van der Waals surface area contributed by atoms with Crippen molar-refractivity contribution in [3.8, 4) is 5.75 Å². The normalized spacial score (nSPS) is 17.7. The van der Waals surface area contributed by atoms with Crippen molar-refractivity contribution in [1.29, 1.82) is 0 Å². The first-order valence-corrected chi connectivity index (χ1v) is 8.58. The van der Waals surface area contributed by atoms with E-state index in [-0.39, 0.29) is 12.2 Å². The molecule has 0 saturated carbocycles.